The van der Waals surface area contributed by atoms with Crippen molar-refractivity contribution < 1.29 is 5.11 Å². The van der Waals surface area contributed by atoms with Gasteiger partial charge in [0, 0.05) is 6.04 Å². The molecular formula is C11H17NO. The third-order valence-electron chi connectivity index (χ3n) is 2.01. The van der Waals surface area contributed by atoms with Crippen LogP contribution in [0.5, 0.6) is 0 Å². The van der Waals surface area contributed by atoms with Gasteiger partial charge in [-0.2, -0.15) is 0 Å². The summed E-state index contributed by atoms with van der Waals surface area (Å²) in [6.45, 7) is 3.75. The molecule has 1 aromatic carbocycles. The van der Waals surface area contributed by atoms with Gasteiger partial charge >= 0.3 is 0 Å². The molecule has 1 rings (SSSR count). The van der Waals surface area contributed by atoms with Crippen LogP contribution in [0.1, 0.15) is 31.0 Å². The molecule has 0 aromatic heterocycles. The van der Waals surface area contributed by atoms with E-state index < -0.39 is 0 Å². The monoisotopic (exact) mass is 179 g/mol. The van der Waals surface area contributed by atoms with Gasteiger partial charge in [-0.25, -0.2) is 0 Å². The largest absolute Gasteiger partial charge is 0.393 e. The van der Waals surface area contributed by atoms with Crippen LogP contribution in [0.2, 0.25) is 0 Å². The van der Waals surface area contributed by atoms with Gasteiger partial charge in [0.05, 0.1) is 6.10 Å². The normalized spacial score (nSPS) is 15.4. The molecule has 0 saturated heterocycles. The number of nitrogens with two attached hydrogens (primary N) is 1. The summed E-state index contributed by atoms with van der Waals surface area (Å²) in [6.07, 6.45) is 0.406. The molecule has 2 atom stereocenters. The SMILES string of the molecule is CC(O)Cc1cccc(C(C)N)c1. The van der Waals surface area contributed by atoms with E-state index in [-0.39, 0.29) is 12.1 Å². The number of hydrogen-bond acceptors (Lipinski definition) is 2. The standard InChI is InChI=1S/C11H17NO/c1-8(13)6-10-4-3-5-11(7-10)9(2)12/h3-5,7-9,13H,6,12H2,1-2H3. The van der Waals surface area contributed by atoms with E-state index in [2.05, 4.69) is 6.07 Å². The number of rotatable bonds is 3. The molecular weight excluding hydrogens is 162 g/mol. The van der Waals surface area contributed by atoms with Gasteiger partial charge in [0.2, 0.25) is 0 Å². The minimum absolute atomic E-state index is 0.0638. The van der Waals surface area contributed by atoms with E-state index in [1.165, 1.54) is 0 Å². The van der Waals surface area contributed by atoms with E-state index in [1.807, 2.05) is 25.1 Å². The first-order chi connectivity index (χ1) is 6.09. The van der Waals surface area contributed by atoms with Crippen LogP contribution in [-0.4, -0.2) is 11.2 Å². The first kappa shape index (κ1) is 10.2. The summed E-state index contributed by atoms with van der Waals surface area (Å²) in [5.74, 6) is 0. The lowest BCUT2D eigenvalue weighted by molar-refractivity contribution is 0.195. The maximum Gasteiger partial charge on any atom is 0.0552 e. The number of hydrogen-bond donors (Lipinski definition) is 2. The van der Waals surface area contributed by atoms with Crippen molar-refractivity contribution in [2.24, 2.45) is 5.73 Å². The highest BCUT2D eigenvalue weighted by atomic mass is 16.3. The minimum atomic E-state index is -0.289. The fourth-order valence-electron chi connectivity index (χ4n) is 1.34. The minimum Gasteiger partial charge on any atom is -0.393 e. The number of aliphatic hydroxyl groups excluding tert-OH is 1. The zero-order valence-electron chi connectivity index (χ0n) is 8.20. The third kappa shape index (κ3) is 3.17. The molecule has 2 nitrogen and oxygen atoms in total. The summed E-state index contributed by atoms with van der Waals surface area (Å²) in [7, 11) is 0. The van der Waals surface area contributed by atoms with Crippen molar-refractivity contribution >= 4 is 0 Å². The lowest BCUT2D eigenvalue weighted by Gasteiger charge is -2.09. The summed E-state index contributed by atoms with van der Waals surface area (Å²) in [5, 5.41) is 9.20. The lowest BCUT2D eigenvalue weighted by Crippen LogP contribution is -2.08. The molecule has 0 aliphatic rings. The van der Waals surface area contributed by atoms with Crippen molar-refractivity contribution in [3.63, 3.8) is 0 Å². The number of benzene rings is 1. The van der Waals surface area contributed by atoms with E-state index in [0.29, 0.717) is 6.42 Å². The lowest BCUT2D eigenvalue weighted by atomic mass is 10.0. The van der Waals surface area contributed by atoms with Crippen LogP contribution < -0.4 is 5.73 Å². The molecule has 72 valence electrons. The Balaban J connectivity index is 2.79. The summed E-state index contributed by atoms with van der Waals surface area (Å²) >= 11 is 0. The van der Waals surface area contributed by atoms with Gasteiger partial charge in [-0.1, -0.05) is 24.3 Å². The van der Waals surface area contributed by atoms with Crippen molar-refractivity contribution in [3.05, 3.63) is 35.4 Å². The molecule has 0 bridgehead atoms. The molecule has 0 amide bonds. The predicted octanol–water partition coefficient (Wildman–Crippen LogP) is 1.63. The van der Waals surface area contributed by atoms with Crippen molar-refractivity contribution in [1.82, 2.24) is 0 Å². The van der Waals surface area contributed by atoms with Gasteiger partial charge < -0.3 is 10.8 Å². The van der Waals surface area contributed by atoms with Gasteiger partial charge in [0.15, 0.2) is 0 Å². The fraction of sp³-hybridized carbons (Fsp3) is 0.455. The fourth-order valence-corrected chi connectivity index (χ4v) is 1.34. The second-order valence-electron chi connectivity index (χ2n) is 3.59. The summed E-state index contributed by atoms with van der Waals surface area (Å²) in [4.78, 5) is 0. The van der Waals surface area contributed by atoms with E-state index in [4.69, 9.17) is 5.73 Å². The van der Waals surface area contributed by atoms with Crippen LogP contribution in [0.3, 0.4) is 0 Å². The van der Waals surface area contributed by atoms with Crippen LogP contribution in [0.4, 0.5) is 0 Å². The van der Waals surface area contributed by atoms with E-state index in [1.54, 1.807) is 6.92 Å². The van der Waals surface area contributed by atoms with E-state index >= 15 is 0 Å². The van der Waals surface area contributed by atoms with Crippen LogP contribution >= 0.6 is 0 Å². The Labute approximate surface area is 79.4 Å². The predicted molar refractivity (Wildman–Crippen MR) is 54.4 cm³/mol. The molecule has 13 heavy (non-hydrogen) atoms. The van der Waals surface area contributed by atoms with Gasteiger partial charge in [-0.3, -0.25) is 0 Å². The Morgan fingerprint density at radius 3 is 2.62 bits per heavy atom. The highest BCUT2D eigenvalue weighted by Gasteiger charge is 2.02. The summed E-state index contributed by atoms with van der Waals surface area (Å²) in [5.41, 5.74) is 8.02. The van der Waals surface area contributed by atoms with E-state index in [9.17, 15) is 5.11 Å². The second-order valence-corrected chi connectivity index (χ2v) is 3.59. The van der Waals surface area contributed by atoms with Gasteiger partial charge in [0.25, 0.3) is 0 Å². The third-order valence-corrected chi connectivity index (χ3v) is 2.01. The van der Waals surface area contributed by atoms with Crippen molar-refractivity contribution in [2.75, 3.05) is 0 Å². The Morgan fingerprint density at radius 2 is 2.08 bits per heavy atom. The smallest absolute Gasteiger partial charge is 0.0552 e. The zero-order valence-corrected chi connectivity index (χ0v) is 8.20. The van der Waals surface area contributed by atoms with Crippen molar-refractivity contribution in [2.45, 2.75) is 32.4 Å². The Hall–Kier alpha value is -0.860. The first-order valence-electron chi connectivity index (χ1n) is 4.62. The van der Waals surface area contributed by atoms with Crippen molar-refractivity contribution in [3.8, 4) is 0 Å². The molecule has 0 fully saturated rings. The Bertz CT molecular complexity index is 269. The zero-order chi connectivity index (χ0) is 9.84. The maximum atomic E-state index is 9.20. The van der Waals surface area contributed by atoms with Crippen molar-refractivity contribution in [1.29, 1.82) is 0 Å². The summed E-state index contributed by atoms with van der Waals surface area (Å²) < 4.78 is 0. The van der Waals surface area contributed by atoms with Gasteiger partial charge in [-0.05, 0) is 31.4 Å². The average molecular weight is 179 g/mol. The molecule has 2 unspecified atom stereocenters. The highest BCUT2D eigenvalue weighted by Crippen LogP contribution is 2.12. The number of aliphatic hydroxyl groups is 1. The first-order valence-corrected chi connectivity index (χ1v) is 4.62. The van der Waals surface area contributed by atoms with Crippen LogP contribution in [-0.2, 0) is 6.42 Å². The second kappa shape index (κ2) is 4.40. The highest BCUT2D eigenvalue weighted by molar-refractivity contribution is 5.25. The molecule has 0 heterocycles. The van der Waals surface area contributed by atoms with Crippen LogP contribution in [0, 0.1) is 0 Å². The van der Waals surface area contributed by atoms with Crippen LogP contribution in [0.15, 0.2) is 24.3 Å². The van der Waals surface area contributed by atoms with Gasteiger partial charge in [0.1, 0.15) is 0 Å². The Kier molecular flexibility index (Phi) is 3.46. The molecule has 2 heteroatoms. The van der Waals surface area contributed by atoms with E-state index in [0.717, 1.165) is 11.1 Å². The molecule has 0 radical (unpaired) electrons. The topological polar surface area (TPSA) is 46.2 Å². The summed E-state index contributed by atoms with van der Waals surface area (Å²) in [6, 6.07) is 8.12. The molecule has 0 aliphatic heterocycles. The van der Waals surface area contributed by atoms with Crippen LogP contribution in [0.25, 0.3) is 0 Å². The Morgan fingerprint density at radius 1 is 1.38 bits per heavy atom. The molecule has 0 spiro atoms. The maximum absolute atomic E-state index is 9.20. The average Bonchev–Trinajstić information content (AvgIpc) is 2.03. The molecule has 0 aliphatic carbocycles. The van der Waals surface area contributed by atoms with Gasteiger partial charge in [-0.15, -0.1) is 0 Å². The quantitative estimate of drug-likeness (QED) is 0.740. The molecule has 3 N–H and O–H groups in total. The molecule has 0 saturated carbocycles. The molecule has 1 aromatic rings.